The van der Waals surface area contributed by atoms with Gasteiger partial charge in [-0.15, -0.1) is 0 Å². The van der Waals surface area contributed by atoms with Crippen LogP contribution in [0.15, 0.2) is 22.7 Å². The number of hydrogen-bond donors (Lipinski definition) is 2. The zero-order chi connectivity index (χ0) is 13.1. The predicted molar refractivity (Wildman–Crippen MR) is 72.2 cm³/mol. The summed E-state index contributed by atoms with van der Waals surface area (Å²) in [5.74, 6) is -0.473. The minimum Gasteiger partial charge on any atom is -0.302 e. The number of halogens is 2. The fraction of sp³-hybridized carbons (Fsp3) is 0.333. The summed E-state index contributed by atoms with van der Waals surface area (Å²) in [6, 6.07) is 5.27. The molecule has 0 aromatic heterocycles. The standard InChI is InChI=1S/C12H12BrClN2O2/c13-8-2-1-7(9(14)5-8)6-15-10-3-4-11(17)16-12(10)18/h1-2,5,10,15H,3-4,6H2,(H,16,17,18). The molecule has 18 heavy (non-hydrogen) atoms. The molecular weight excluding hydrogens is 320 g/mol. The molecule has 2 rings (SSSR count). The minimum atomic E-state index is -0.331. The summed E-state index contributed by atoms with van der Waals surface area (Å²) in [7, 11) is 0. The number of hydrogen-bond acceptors (Lipinski definition) is 3. The van der Waals surface area contributed by atoms with E-state index in [-0.39, 0.29) is 17.9 Å². The van der Waals surface area contributed by atoms with Crippen LogP contribution in [0.2, 0.25) is 5.02 Å². The van der Waals surface area contributed by atoms with Gasteiger partial charge in [0.2, 0.25) is 11.8 Å². The van der Waals surface area contributed by atoms with E-state index >= 15 is 0 Å². The maximum atomic E-state index is 11.5. The lowest BCUT2D eigenvalue weighted by atomic mass is 10.1. The average molecular weight is 332 g/mol. The Morgan fingerprint density at radius 1 is 1.44 bits per heavy atom. The molecule has 1 aromatic rings. The molecule has 6 heteroatoms. The Kier molecular flexibility index (Phi) is 4.37. The van der Waals surface area contributed by atoms with E-state index < -0.39 is 0 Å². The van der Waals surface area contributed by atoms with Crippen molar-refractivity contribution < 1.29 is 9.59 Å². The van der Waals surface area contributed by atoms with E-state index in [1.54, 1.807) is 0 Å². The molecule has 0 aliphatic carbocycles. The fourth-order valence-electron chi connectivity index (χ4n) is 1.79. The van der Waals surface area contributed by atoms with Crippen molar-refractivity contribution in [1.82, 2.24) is 10.6 Å². The summed E-state index contributed by atoms with van der Waals surface area (Å²) in [6.45, 7) is 0.498. The van der Waals surface area contributed by atoms with Gasteiger partial charge in [-0.05, 0) is 24.1 Å². The molecule has 1 aromatic carbocycles. The van der Waals surface area contributed by atoms with Gasteiger partial charge >= 0.3 is 0 Å². The summed E-state index contributed by atoms with van der Waals surface area (Å²) in [5, 5.41) is 6.06. The molecule has 96 valence electrons. The minimum absolute atomic E-state index is 0.209. The first-order valence-corrected chi connectivity index (χ1v) is 6.74. The van der Waals surface area contributed by atoms with Crippen LogP contribution in [0.1, 0.15) is 18.4 Å². The van der Waals surface area contributed by atoms with Crippen molar-refractivity contribution in [3.05, 3.63) is 33.3 Å². The van der Waals surface area contributed by atoms with E-state index in [4.69, 9.17) is 11.6 Å². The molecule has 1 unspecified atom stereocenters. The van der Waals surface area contributed by atoms with Crippen LogP contribution in [-0.2, 0) is 16.1 Å². The lowest BCUT2D eigenvalue weighted by Gasteiger charge is -2.22. The third kappa shape index (κ3) is 3.31. The summed E-state index contributed by atoms with van der Waals surface area (Å²) >= 11 is 9.42. The van der Waals surface area contributed by atoms with E-state index in [1.165, 1.54) is 0 Å². The molecule has 1 aliphatic heterocycles. The topological polar surface area (TPSA) is 58.2 Å². The van der Waals surface area contributed by atoms with Crippen molar-refractivity contribution in [3.63, 3.8) is 0 Å². The highest BCUT2D eigenvalue weighted by Gasteiger charge is 2.25. The second-order valence-electron chi connectivity index (χ2n) is 4.12. The third-order valence-corrected chi connectivity index (χ3v) is 3.64. The number of nitrogens with one attached hydrogen (secondary N) is 2. The number of carbonyl (C=O) groups is 2. The molecule has 0 radical (unpaired) electrons. The van der Waals surface area contributed by atoms with Crippen LogP contribution in [0.5, 0.6) is 0 Å². The lowest BCUT2D eigenvalue weighted by molar-refractivity contribution is -0.134. The molecule has 1 atom stereocenters. The average Bonchev–Trinajstić information content (AvgIpc) is 2.30. The van der Waals surface area contributed by atoms with Crippen molar-refractivity contribution in [3.8, 4) is 0 Å². The van der Waals surface area contributed by atoms with E-state index in [0.717, 1.165) is 10.0 Å². The van der Waals surface area contributed by atoms with Crippen molar-refractivity contribution in [2.24, 2.45) is 0 Å². The molecule has 0 spiro atoms. The first-order chi connectivity index (χ1) is 8.56. The molecular formula is C12H12BrClN2O2. The monoisotopic (exact) mass is 330 g/mol. The molecule has 0 saturated carbocycles. The number of amides is 2. The van der Waals surface area contributed by atoms with Crippen LogP contribution in [0.4, 0.5) is 0 Å². The van der Waals surface area contributed by atoms with Gasteiger partial charge in [0.15, 0.2) is 0 Å². The van der Waals surface area contributed by atoms with Gasteiger partial charge in [0, 0.05) is 22.5 Å². The zero-order valence-electron chi connectivity index (χ0n) is 9.50. The Hall–Kier alpha value is -0.910. The van der Waals surface area contributed by atoms with Crippen molar-refractivity contribution in [2.75, 3.05) is 0 Å². The van der Waals surface area contributed by atoms with Crippen LogP contribution in [-0.4, -0.2) is 17.9 Å². The Bertz CT molecular complexity index is 493. The quantitative estimate of drug-likeness (QED) is 0.833. The Morgan fingerprint density at radius 3 is 2.89 bits per heavy atom. The van der Waals surface area contributed by atoms with Crippen LogP contribution in [0, 0.1) is 0 Å². The van der Waals surface area contributed by atoms with Crippen molar-refractivity contribution in [2.45, 2.75) is 25.4 Å². The maximum absolute atomic E-state index is 11.5. The van der Waals surface area contributed by atoms with Gasteiger partial charge in [-0.3, -0.25) is 14.9 Å². The fourth-order valence-corrected chi connectivity index (χ4v) is 2.53. The number of carbonyl (C=O) groups excluding carboxylic acids is 2. The molecule has 1 heterocycles. The summed E-state index contributed by atoms with van der Waals surface area (Å²) in [4.78, 5) is 22.5. The van der Waals surface area contributed by atoms with Gasteiger partial charge in [-0.25, -0.2) is 0 Å². The largest absolute Gasteiger partial charge is 0.302 e. The normalized spacial score (nSPS) is 19.8. The number of piperidine rings is 1. The molecule has 2 amide bonds. The van der Waals surface area contributed by atoms with Gasteiger partial charge in [0.05, 0.1) is 6.04 Å². The van der Waals surface area contributed by atoms with Crippen molar-refractivity contribution in [1.29, 1.82) is 0 Å². The number of benzene rings is 1. The van der Waals surface area contributed by atoms with E-state index in [9.17, 15) is 9.59 Å². The molecule has 1 saturated heterocycles. The van der Waals surface area contributed by atoms with Crippen LogP contribution < -0.4 is 10.6 Å². The number of rotatable bonds is 3. The maximum Gasteiger partial charge on any atom is 0.243 e. The van der Waals surface area contributed by atoms with Crippen LogP contribution >= 0.6 is 27.5 Å². The first kappa shape index (κ1) is 13.5. The predicted octanol–water partition coefficient (Wildman–Crippen LogP) is 2.00. The molecule has 0 bridgehead atoms. The van der Waals surface area contributed by atoms with Gasteiger partial charge < -0.3 is 5.32 Å². The Balaban J connectivity index is 1.95. The second-order valence-corrected chi connectivity index (χ2v) is 5.44. The van der Waals surface area contributed by atoms with Gasteiger partial charge in [-0.1, -0.05) is 33.6 Å². The highest BCUT2D eigenvalue weighted by atomic mass is 79.9. The van der Waals surface area contributed by atoms with Gasteiger partial charge in [-0.2, -0.15) is 0 Å². The summed E-state index contributed by atoms with van der Waals surface area (Å²) in [6.07, 6.45) is 0.899. The van der Waals surface area contributed by atoms with E-state index in [0.29, 0.717) is 24.4 Å². The highest BCUT2D eigenvalue weighted by Crippen LogP contribution is 2.21. The van der Waals surface area contributed by atoms with Crippen LogP contribution in [0.3, 0.4) is 0 Å². The molecule has 1 fully saturated rings. The molecule has 2 N–H and O–H groups in total. The third-order valence-electron chi connectivity index (χ3n) is 2.79. The smallest absolute Gasteiger partial charge is 0.243 e. The Labute approximate surface area is 118 Å². The SMILES string of the molecule is O=C1CCC(NCc2ccc(Br)cc2Cl)C(=O)N1. The first-order valence-electron chi connectivity index (χ1n) is 5.57. The zero-order valence-corrected chi connectivity index (χ0v) is 11.8. The van der Waals surface area contributed by atoms with Gasteiger partial charge in [0.1, 0.15) is 0 Å². The Morgan fingerprint density at radius 2 is 2.22 bits per heavy atom. The van der Waals surface area contributed by atoms with Gasteiger partial charge in [0.25, 0.3) is 0 Å². The van der Waals surface area contributed by atoms with Crippen LogP contribution in [0.25, 0.3) is 0 Å². The summed E-state index contributed by atoms with van der Waals surface area (Å²) < 4.78 is 0.914. The van der Waals surface area contributed by atoms with E-state index in [2.05, 4.69) is 26.6 Å². The lowest BCUT2D eigenvalue weighted by Crippen LogP contribution is -2.50. The molecule has 1 aliphatic rings. The molecule has 4 nitrogen and oxygen atoms in total. The number of imide groups is 1. The highest BCUT2D eigenvalue weighted by molar-refractivity contribution is 9.10. The van der Waals surface area contributed by atoms with E-state index in [1.807, 2.05) is 18.2 Å². The van der Waals surface area contributed by atoms with Crippen molar-refractivity contribution >= 4 is 39.3 Å². The second kappa shape index (κ2) is 5.82. The summed E-state index contributed by atoms with van der Waals surface area (Å²) in [5.41, 5.74) is 0.921.